The van der Waals surface area contributed by atoms with Gasteiger partial charge in [0.15, 0.2) is 0 Å². The minimum absolute atomic E-state index is 0.184. The highest BCUT2D eigenvalue weighted by Crippen LogP contribution is 2.30. The first-order chi connectivity index (χ1) is 9.52. The van der Waals surface area contributed by atoms with Gasteiger partial charge >= 0.3 is 0 Å². The Bertz CT molecular complexity index is 334. The maximum Gasteiger partial charge on any atom is 0.223 e. The normalized spacial score (nSPS) is 29.8. The number of nitrogens with two attached hydrogens (primary N) is 1. The Kier molecular flexibility index (Phi) is 5.41. The zero-order valence-corrected chi connectivity index (χ0v) is 13.2. The average Bonchev–Trinajstić information content (AvgIpc) is 2.44. The largest absolute Gasteiger partial charge is 0.349 e. The molecule has 3 atom stereocenters. The molecule has 0 aromatic heterocycles. The summed E-state index contributed by atoms with van der Waals surface area (Å²) in [5, 5.41) is 0. The van der Waals surface area contributed by atoms with Crippen LogP contribution in [0.4, 0.5) is 0 Å². The number of rotatable bonds is 4. The third-order valence-electron chi connectivity index (χ3n) is 5.07. The Hall–Kier alpha value is -0.650. The lowest BCUT2D eigenvalue weighted by Gasteiger charge is -2.47. The third kappa shape index (κ3) is 3.51. The second-order valence-electron chi connectivity index (χ2n) is 6.62. The Balaban J connectivity index is 1.93. The molecule has 2 aliphatic heterocycles. The maximum absolute atomic E-state index is 11.9. The molecule has 0 bridgehead atoms. The number of fused-ring (bicyclic) bond motifs is 1. The van der Waals surface area contributed by atoms with Gasteiger partial charge in [0.25, 0.3) is 0 Å². The molecule has 0 aliphatic carbocycles. The van der Waals surface area contributed by atoms with Crippen LogP contribution in [0.5, 0.6) is 0 Å². The van der Waals surface area contributed by atoms with Gasteiger partial charge in [0.2, 0.25) is 5.91 Å². The monoisotopic (exact) mass is 282 g/mol. The van der Waals surface area contributed by atoms with E-state index < -0.39 is 0 Å². The van der Waals surface area contributed by atoms with E-state index in [9.17, 15) is 4.79 Å². The first kappa shape index (κ1) is 15.7. The second kappa shape index (κ2) is 6.87. The number of hydrogen-bond acceptors (Lipinski definition) is 4. The molecule has 0 saturated carbocycles. The van der Waals surface area contributed by atoms with Crippen molar-refractivity contribution in [2.24, 2.45) is 11.7 Å². The fraction of sp³-hybridized carbons (Fsp3) is 0.933. The molecule has 2 fully saturated rings. The quantitative estimate of drug-likeness (QED) is 0.801. The van der Waals surface area contributed by atoms with Crippen LogP contribution in [-0.2, 0) is 4.79 Å². The summed E-state index contributed by atoms with van der Waals surface area (Å²) in [6.45, 7) is 4.00. The van der Waals surface area contributed by atoms with Gasteiger partial charge in [-0.2, -0.15) is 0 Å². The van der Waals surface area contributed by atoms with Crippen molar-refractivity contribution in [1.29, 1.82) is 0 Å². The van der Waals surface area contributed by atoms with Crippen LogP contribution >= 0.6 is 0 Å². The van der Waals surface area contributed by atoms with Gasteiger partial charge in [-0.25, -0.2) is 0 Å². The van der Waals surface area contributed by atoms with Gasteiger partial charge in [-0.15, -0.1) is 0 Å². The molecule has 0 aromatic rings. The Morgan fingerprint density at radius 2 is 2.10 bits per heavy atom. The van der Waals surface area contributed by atoms with Crippen molar-refractivity contribution in [2.45, 2.75) is 37.8 Å². The van der Waals surface area contributed by atoms with Crippen molar-refractivity contribution in [3.8, 4) is 0 Å². The summed E-state index contributed by atoms with van der Waals surface area (Å²) in [7, 11) is 5.89. The van der Waals surface area contributed by atoms with Crippen molar-refractivity contribution >= 4 is 5.91 Å². The highest BCUT2D eigenvalue weighted by Gasteiger charge is 2.36. The molecular weight excluding hydrogens is 252 g/mol. The topological polar surface area (TPSA) is 52.8 Å². The van der Waals surface area contributed by atoms with E-state index in [1.54, 1.807) is 4.90 Å². The van der Waals surface area contributed by atoms with E-state index in [1.165, 1.54) is 25.8 Å². The molecule has 2 N–H and O–H groups in total. The van der Waals surface area contributed by atoms with Crippen molar-refractivity contribution in [3.05, 3.63) is 0 Å². The average molecular weight is 282 g/mol. The minimum Gasteiger partial charge on any atom is -0.349 e. The zero-order chi connectivity index (χ0) is 14.7. The van der Waals surface area contributed by atoms with Crippen molar-refractivity contribution in [3.63, 3.8) is 0 Å². The predicted molar refractivity (Wildman–Crippen MR) is 81.5 cm³/mol. The fourth-order valence-corrected chi connectivity index (χ4v) is 3.76. The molecule has 0 spiro atoms. The molecule has 0 radical (unpaired) electrons. The maximum atomic E-state index is 11.9. The van der Waals surface area contributed by atoms with E-state index in [-0.39, 0.29) is 11.9 Å². The minimum atomic E-state index is 0.184. The molecule has 5 heteroatoms. The standard InChI is InChI=1S/C15H30N4O/c1-17(2)15(20)9-13(10-16)19-8-6-14-12(11-19)5-4-7-18(14)3/h12-14H,4-11,16H2,1-3H3. The van der Waals surface area contributed by atoms with Crippen LogP contribution < -0.4 is 5.73 Å². The van der Waals surface area contributed by atoms with E-state index in [4.69, 9.17) is 5.73 Å². The van der Waals surface area contributed by atoms with Crippen LogP contribution in [0.15, 0.2) is 0 Å². The molecular formula is C15H30N4O. The highest BCUT2D eigenvalue weighted by molar-refractivity contribution is 5.76. The van der Waals surface area contributed by atoms with Crippen LogP contribution in [-0.4, -0.2) is 80.0 Å². The van der Waals surface area contributed by atoms with Crippen LogP contribution in [0.2, 0.25) is 0 Å². The van der Waals surface area contributed by atoms with Crippen molar-refractivity contribution in [1.82, 2.24) is 14.7 Å². The van der Waals surface area contributed by atoms with E-state index in [1.807, 2.05) is 14.1 Å². The highest BCUT2D eigenvalue weighted by atomic mass is 16.2. The van der Waals surface area contributed by atoms with Gasteiger partial charge < -0.3 is 15.5 Å². The molecule has 2 saturated heterocycles. The number of hydrogen-bond donors (Lipinski definition) is 1. The first-order valence-corrected chi connectivity index (χ1v) is 7.87. The second-order valence-corrected chi connectivity index (χ2v) is 6.62. The molecule has 2 rings (SSSR count). The SMILES string of the molecule is CN(C)C(=O)CC(CN)N1CCC2C(CCCN2C)C1. The number of amides is 1. The summed E-state index contributed by atoms with van der Waals surface area (Å²) in [5.41, 5.74) is 5.92. The molecule has 5 nitrogen and oxygen atoms in total. The van der Waals surface area contributed by atoms with Crippen LogP contribution in [0.1, 0.15) is 25.7 Å². The summed E-state index contributed by atoms with van der Waals surface area (Å²) >= 11 is 0. The van der Waals surface area contributed by atoms with Crippen molar-refractivity contribution < 1.29 is 4.79 Å². The lowest BCUT2D eigenvalue weighted by Crippen LogP contribution is -2.56. The smallest absolute Gasteiger partial charge is 0.223 e. The Labute approximate surface area is 123 Å². The summed E-state index contributed by atoms with van der Waals surface area (Å²) in [4.78, 5) is 18.6. The number of carbonyl (C=O) groups is 1. The summed E-state index contributed by atoms with van der Waals surface area (Å²) in [6.07, 6.45) is 4.39. The predicted octanol–water partition coefficient (Wildman–Crippen LogP) is 0.208. The first-order valence-electron chi connectivity index (χ1n) is 7.87. The van der Waals surface area contributed by atoms with Gasteiger partial charge in [-0.3, -0.25) is 9.69 Å². The van der Waals surface area contributed by atoms with Crippen LogP contribution in [0.25, 0.3) is 0 Å². The zero-order valence-electron chi connectivity index (χ0n) is 13.2. The molecule has 2 heterocycles. The lowest BCUT2D eigenvalue weighted by atomic mass is 9.83. The number of nitrogens with zero attached hydrogens (tertiary/aromatic N) is 3. The fourth-order valence-electron chi connectivity index (χ4n) is 3.76. The van der Waals surface area contributed by atoms with E-state index in [2.05, 4.69) is 16.8 Å². The van der Waals surface area contributed by atoms with E-state index in [0.717, 1.165) is 25.0 Å². The van der Waals surface area contributed by atoms with Crippen LogP contribution in [0.3, 0.4) is 0 Å². The third-order valence-corrected chi connectivity index (χ3v) is 5.07. The van der Waals surface area contributed by atoms with Crippen molar-refractivity contribution in [2.75, 3.05) is 47.3 Å². The van der Waals surface area contributed by atoms with Gasteiger partial charge in [0, 0.05) is 52.2 Å². The summed E-state index contributed by atoms with van der Waals surface area (Å²) in [6, 6.07) is 0.945. The van der Waals surface area contributed by atoms with Gasteiger partial charge in [-0.1, -0.05) is 0 Å². The van der Waals surface area contributed by atoms with Gasteiger partial charge in [-0.05, 0) is 38.8 Å². The summed E-state index contributed by atoms with van der Waals surface area (Å²) < 4.78 is 0. The summed E-state index contributed by atoms with van der Waals surface area (Å²) in [5.74, 6) is 0.939. The van der Waals surface area contributed by atoms with Gasteiger partial charge in [0.05, 0.1) is 0 Å². The van der Waals surface area contributed by atoms with E-state index >= 15 is 0 Å². The molecule has 0 aromatic carbocycles. The number of piperidine rings is 2. The molecule has 20 heavy (non-hydrogen) atoms. The number of likely N-dealkylation sites (tertiary alicyclic amines) is 2. The molecule has 3 unspecified atom stereocenters. The molecule has 116 valence electrons. The lowest BCUT2D eigenvalue weighted by molar-refractivity contribution is -0.130. The number of carbonyl (C=O) groups excluding carboxylic acids is 1. The van der Waals surface area contributed by atoms with Crippen LogP contribution in [0, 0.1) is 5.92 Å². The van der Waals surface area contributed by atoms with E-state index in [0.29, 0.717) is 13.0 Å². The molecule has 2 aliphatic rings. The Morgan fingerprint density at radius 1 is 1.35 bits per heavy atom. The molecule has 1 amide bonds. The Morgan fingerprint density at radius 3 is 2.75 bits per heavy atom. The van der Waals surface area contributed by atoms with Gasteiger partial charge in [0.1, 0.15) is 0 Å².